The summed E-state index contributed by atoms with van der Waals surface area (Å²) in [7, 11) is 1.75. The highest BCUT2D eigenvalue weighted by molar-refractivity contribution is 14.0. The van der Waals surface area contributed by atoms with Gasteiger partial charge in [-0.3, -0.25) is 9.79 Å². The highest BCUT2D eigenvalue weighted by Gasteiger charge is 2.27. The van der Waals surface area contributed by atoms with Crippen molar-refractivity contribution in [3.63, 3.8) is 0 Å². The van der Waals surface area contributed by atoms with Crippen molar-refractivity contribution >= 4 is 47.2 Å². The van der Waals surface area contributed by atoms with Gasteiger partial charge in [-0.25, -0.2) is 0 Å². The van der Waals surface area contributed by atoms with Gasteiger partial charge in [-0.2, -0.15) is 0 Å². The molecule has 2 N–H and O–H groups in total. The third-order valence-electron chi connectivity index (χ3n) is 5.02. The van der Waals surface area contributed by atoms with Crippen molar-refractivity contribution in [1.29, 1.82) is 0 Å². The van der Waals surface area contributed by atoms with Gasteiger partial charge in [0, 0.05) is 36.4 Å². The van der Waals surface area contributed by atoms with Gasteiger partial charge < -0.3 is 20.3 Å². The Labute approximate surface area is 200 Å². The van der Waals surface area contributed by atoms with Crippen LogP contribution in [0.2, 0.25) is 0 Å². The first-order valence-electron chi connectivity index (χ1n) is 10.1. The molecule has 1 amide bonds. The van der Waals surface area contributed by atoms with Gasteiger partial charge in [0.05, 0.1) is 25.7 Å². The third kappa shape index (κ3) is 6.95. The van der Waals surface area contributed by atoms with Crippen molar-refractivity contribution in [3.8, 4) is 0 Å². The molecule has 1 atom stereocenters. The van der Waals surface area contributed by atoms with Crippen LogP contribution in [-0.2, 0) is 22.5 Å². The Morgan fingerprint density at radius 1 is 1.13 bits per heavy atom. The molecule has 1 fully saturated rings. The number of hydrogen-bond acceptors (Lipinski definition) is 4. The van der Waals surface area contributed by atoms with E-state index in [0.717, 1.165) is 18.5 Å². The van der Waals surface area contributed by atoms with E-state index in [9.17, 15) is 4.79 Å². The zero-order chi connectivity index (χ0) is 20.5. The van der Waals surface area contributed by atoms with Gasteiger partial charge in [0.1, 0.15) is 0 Å². The van der Waals surface area contributed by atoms with Crippen molar-refractivity contribution in [3.05, 3.63) is 57.8 Å². The standard InChI is InChI=1S/C22H30N4O2S.HI/c1-3-18-9-10-19(29-18)15-24-22(23-2)25-16-20(17-7-5-4-6-8-17)21(27)26-11-13-28-14-12-26;/h4-10,20H,3,11-16H2,1-2H3,(H2,23,24,25);1H. The highest BCUT2D eigenvalue weighted by atomic mass is 127. The minimum atomic E-state index is -0.263. The minimum Gasteiger partial charge on any atom is -0.378 e. The Balaban J connectivity index is 0.00000320. The van der Waals surface area contributed by atoms with Crippen molar-refractivity contribution in [1.82, 2.24) is 15.5 Å². The number of amides is 1. The molecule has 1 aliphatic heterocycles. The number of nitrogens with one attached hydrogen (secondary N) is 2. The van der Waals surface area contributed by atoms with E-state index in [2.05, 4.69) is 34.7 Å². The highest BCUT2D eigenvalue weighted by Crippen LogP contribution is 2.19. The van der Waals surface area contributed by atoms with Gasteiger partial charge in [0.2, 0.25) is 5.91 Å². The average molecular weight is 542 g/mol. The summed E-state index contributed by atoms with van der Waals surface area (Å²) in [5, 5.41) is 6.70. The van der Waals surface area contributed by atoms with Gasteiger partial charge in [-0.15, -0.1) is 35.3 Å². The number of carbonyl (C=O) groups excluding carboxylic acids is 1. The summed E-state index contributed by atoms with van der Waals surface area (Å²) >= 11 is 1.81. The molecule has 8 heteroatoms. The summed E-state index contributed by atoms with van der Waals surface area (Å²) in [5.41, 5.74) is 1.01. The Kier molecular flexibility index (Phi) is 10.6. The molecule has 30 heavy (non-hydrogen) atoms. The number of ether oxygens (including phenoxy) is 1. The summed E-state index contributed by atoms with van der Waals surface area (Å²) in [6.07, 6.45) is 1.06. The van der Waals surface area contributed by atoms with Crippen LogP contribution in [-0.4, -0.2) is 56.7 Å². The second-order valence-electron chi connectivity index (χ2n) is 6.93. The lowest BCUT2D eigenvalue weighted by molar-refractivity contribution is -0.136. The van der Waals surface area contributed by atoms with Gasteiger partial charge in [0.25, 0.3) is 0 Å². The van der Waals surface area contributed by atoms with E-state index in [1.807, 2.05) is 46.6 Å². The van der Waals surface area contributed by atoms with E-state index in [1.54, 1.807) is 7.05 Å². The summed E-state index contributed by atoms with van der Waals surface area (Å²) in [4.78, 5) is 22.1. The molecular formula is C22H31IN4O2S. The number of aliphatic imine (C=N–C) groups is 1. The SMILES string of the molecule is CCc1ccc(CNC(=NC)NCC(C(=O)N2CCOCC2)c2ccccc2)s1.I. The first kappa shape index (κ1) is 24.6. The molecule has 164 valence electrons. The first-order valence-corrected chi connectivity index (χ1v) is 11.0. The number of guanidine groups is 1. The van der Waals surface area contributed by atoms with Crippen LogP contribution < -0.4 is 10.6 Å². The smallest absolute Gasteiger partial charge is 0.232 e. The fourth-order valence-electron chi connectivity index (χ4n) is 3.33. The second kappa shape index (κ2) is 12.9. The van der Waals surface area contributed by atoms with E-state index in [-0.39, 0.29) is 35.8 Å². The molecule has 2 heterocycles. The largest absolute Gasteiger partial charge is 0.378 e. The number of halogens is 1. The number of thiophene rings is 1. The van der Waals surface area contributed by atoms with Gasteiger partial charge in [-0.1, -0.05) is 37.3 Å². The number of nitrogens with zero attached hydrogens (tertiary/aromatic N) is 2. The normalized spacial score (nSPS) is 15.3. The summed E-state index contributed by atoms with van der Waals surface area (Å²) in [6, 6.07) is 14.3. The molecule has 1 aliphatic rings. The molecule has 0 bridgehead atoms. The van der Waals surface area contributed by atoms with E-state index >= 15 is 0 Å². The molecule has 3 rings (SSSR count). The molecule has 1 saturated heterocycles. The zero-order valence-electron chi connectivity index (χ0n) is 17.6. The van der Waals surface area contributed by atoms with Crippen molar-refractivity contribution in [2.24, 2.45) is 4.99 Å². The molecular weight excluding hydrogens is 511 g/mol. The lowest BCUT2D eigenvalue weighted by Crippen LogP contribution is -2.47. The number of hydrogen-bond donors (Lipinski definition) is 2. The second-order valence-corrected chi connectivity index (χ2v) is 8.18. The van der Waals surface area contributed by atoms with Crippen LogP contribution in [0.25, 0.3) is 0 Å². The average Bonchev–Trinajstić information content (AvgIpc) is 3.25. The predicted molar refractivity (Wildman–Crippen MR) is 134 cm³/mol. The summed E-state index contributed by atoms with van der Waals surface area (Å²) in [5.74, 6) is 0.571. The zero-order valence-corrected chi connectivity index (χ0v) is 20.7. The predicted octanol–water partition coefficient (Wildman–Crippen LogP) is 3.24. The molecule has 0 aliphatic carbocycles. The van der Waals surface area contributed by atoms with Crippen molar-refractivity contribution in [2.75, 3.05) is 39.9 Å². The maximum atomic E-state index is 13.2. The van der Waals surface area contributed by atoms with E-state index in [4.69, 9.17) is 4.74 Å². The van der Waals surface area contributed by atoms with Gasteiger partial charge in [-0.05, 0) is 24.1 Å². The lowest BCUT2D eigenvalue weighted by Gasteiger charge is -2.31. The minimum absolute atomic E-state index is 0. The Morgan fingerprint density at radius 2 is 1.83 bits per heavy atom. The number of rotatable bonds is 7. The van der Waals surface area contributed by atoms with Gasteiger partial charge >= 0.3 is 0 Å². The van der Waals surface area contributed by atoms with Crippen LogP contribution in [0.4, 0.5) is 0 Å². The van der Waals surface area contributed by atoms with Crippen LogP contribution in [0.1, 0.15) is 28.2 Å². The van der Waals surface area contributed by atoms with Crippen LogP contribution in [0.5, 0.6) is 0 Å². The number of morpholine rings is 1. The Hall–Kier alpha value is -1.65. The maximum Gasteiger partial charge on any atom is 0.232 e. The monoisotopic (exact) mass is 542 g/mol. The summed E-state index contributed by atoms with van der Waals surface area (Å²) < 4.78 is 5.40. The lowest BCUT2D eigenvalue weighted by atomic mass is 9.97. The van der Waals surface area contributed by atoms with Gasteiger partial charge in [0.15, 0.2) is 5.96 Å². The van der Waals surface area contributed by atoms with Crippen LogP contribution in [0.15, 0.2) is 47.5 Å². The van der Waals surface area contributed by atoms with Crippen LogP contribution >= 0.6 is 35.3 Å². The van der Waals surface area contributed by atoms with Crippen molar-refractivity contribution in [2.45, 2.75) is 25.8 Å². The van der Waals surface area contributed by atoms with E-state index in [0.29, 0.717) is 38.8 Å². The molecule has 1 aromatic carbocycles. The molecule has 0 saturated carbocycles. The fraction of sp³-hybridized carbons (Fsp3) is 0.455. The maximum absolute atomic E-state index is 13.2. The molecule has 0 radical (unpaired) electrons. The van der Waals surface area contributed by atoms with Crippen molar-refractivity contribution < 1.29 is 9.53 Å². The molecule has 6 nitrogen and oxygen atoms in total. The molecule has 1 unspecified atom stereocenters. The quantitative estimate of drug-likeness (QED) is 0.321. The number of aryl methyl sites for hydroxylation is 1. The van der Waals surface area contributed by atoms with E-state index in [1.165, 1.54) is 9.75 Å². The van der Waals surface area contributed by atoms with Crippen LogP contribution in [0.3, 0.4) is 0 Å². The third-order valence-corrected chi connectivity index (χ3v) is 6.25. The number of benzene rings is 1. The van der Waals surface area contributed by atoms with Crippen LogP contribution in [0, 0.1) is 0 Å². The Bertz CT molecular complexity index is 806. The molecule has 1 aromatic heterocycles. The molecule has 0 spiro atoms. The van der Waals surface area contributed by atoms with E-state index < -0.39 is 0 Å². The first-order chi connectivity index (χ1) is 14.2. The fourth-order valence-corrected chi connectivity index (χ4v) is 4.23. The Morgan fingerprint density at radius 3 is 2.47 bits per heavy atom. The summed E-state index contributed by atoms with van der Waals surface area (Å²) in [6.45, 7) is 5.87. The topological polar surface area (TPSA) is 66.0 Å². The molecule has 2 aromatic rings. The number of carbonyl (C=O) groups is 1.